The van der Waals surface area contributed by atoms with E-state index in [-0.39, 0.29) is 6.54 Å². The SMILES string of the molecule is O=C(O)Cn1cc(C(C(=O)O)N2CCN(C/C=C/c3ccccc3)CC2)c2ccc(F)cc21. The molecular formula is C25H26FN3O4. The van der Waals surface area contributed by atoms with Crippen LogP contribution in [0.1, 0.15) is 17.2 Å². The van der Waals surface area contributed by atoms with E-state index in [1.165, 1.54) is 29.0 Å². The lowest BCUT2D eigenvalue weighted by Crippen LogP contribution is -2.49. The second-order valence-electron chi connectivity index (χ2n) is 8.16. The summed E-state index contributed by atoms with van der Waals surface area (Å²) in [5.74, 6) is -2.58. The van der Waals surface area contributed by atoms with E-state index in [0.29, 0.717) is 42.6 Å². The zero-order chi connectivity index (χ0) is 23.4. The Balaban J connectivity index is 1.50. The molecule has 1 fully saturated rings. The zero-order valence-corrected chi connectivity index (χ0v) is 18.1. The summed E-state index contributed by atoms with van der Waals surface area (Å²) in [6.07, 6.45) is 5.71. The maximum Gasteiger partial charge on any atom is 0.325 e. The number of benzene rings is 2. The minimum atomic E-state index is -1.08. The molecule has 0 bridgehead atoms. The van der Waals surface area contributed by atoms with Crippen LogP contribution in [0.5, 0.6) is 0 Å². The molecule has 3 aromatic rings. The quantitative estimate of drug-likeness (QED) is 0.547. The van der Waals surface area contributed by atoms with Crippen molar-refractivity contribution in [1.82, 2.24) is 14.4 Å². The van der Waals surface area contributed by atoms with Crippen LogP contribution in [0.15, 0.2) is 60.8 Å². The van der Waals surface area contributed by atoms with Crippen molar-refractivity contribution in [1.29, 1.82) is 0 Å². The van der Waals surface area contributed by atoms with Crippen LogP contribution >= 0.6 is 0 Å². The number of halogens is 1. The summed E-state index contributed by atoms with van der Waals surface area (Å²) in [7, 11) is 0. The van der Waals surface area contributed by atoms with Gasteiger partial charge < -0.3 is 14.8 Å². The van der Waals surface area contributed by atoms with Crippen molar-refractivity contribution in [3.05, 3.63) is 77.7 Å². The largest absolute Gasteiger partial charge is 0.480 e. The van der Waals surface area contributed by atoms with E-state index in [1.807, 2.05) is 35.2 Å². The first kappa shape index (κ1) is 22.7. The predicted octanol–water partition coefficient (Wildman–Crippen LogP) is 3.32. The van der Waals surface area contributed by atoms with Crippen LogP contribution in [-0.4, -0.2) is 69.2 Å². The van der Waals surface area contributed by atoms with Crippen LogP contribution < -0.4 is 0 Å². The summed E-state index contributed by atoms with van der Waals surface area (Å²) in [5, 5.41) is 19.8. The summed E-state index contributed by atoms with van der Waals surface area (Å²) in [4.78, 5) is 27.7. The molecule has 2 aromatic carbocycles. The fourth-order valence-electron chi connectivity index (χ4n) is 4.38. The average molecular weight is 451 g/mol. The van der Waals surface area contributed by atoms with Crippen LogP contribution in [0.25, 0.3) is 17.0 Å². The highest BCUT2D eigenvalue weighted by Gasteiger charge is 2.32. The van der Waals surface area contributed by atoms with Crippen molar-refractivity contribution in [2.24, 2.45) is 0 Å². The molecule has 33 heavy (non-hydrogen) atoms. The molecule has 0 spiro atoms. The highest BCUT2D eigenvalue weighted by Crippen LogP contribution is 2.32. The molecular weight excluding hydrogens is 425 g/mol. The number of fused-ring (bicyclic) bond motifs is 1. The molecule has 7 nitrogen and oxygen atoms in total. The predicted molar refractivity (Wildman–Crippen MR) is 123 cm³/mol. The molecule has 0 radical (unpaired) electrons. The van der Waals surface area contributed by atoms with Gasteiger partial charge in [0.15, 0.2) is 0 Å². The Morgan fingerprint density at radius 3 is 2.42 bits per heavy atom. The fourth-order valence-corrected chi connectivity index (χ4v) is 4.38. The Morgan fingerprint density at radius 2 is 1.76 bits per heavy atom. The third-order valence-corrected chi connectivity index (χ3v) is 5.95. The Bertz CT molecular complexity index is 1170. The summed E-state index contributed by atoms with van der Waals surface area (Å²) >= 11 is 0. The highest BCUT2D eigenvalue weighted by molar-refractivity contribution is 5.90. The number of hydrogen-bond donors (Lipinski definition) is 2. The maximum atomic E-state index is 13.8. The summed E-state index contributed by atoms with van der Waals surface area (Å²) in [5.41, 5.74) is 2.00. The summed E-state index contributed by atoms with van der Waals surface area (Å²) in [6.45, 7) is 2.95. The van der Waals surface area contributed by atoms with Crippen molar-refractivity contribution in [3.8, 4) is 0 Å². The normalized spacial score (nSPS) is 16.4. The van der Waals surface area contributed by atoms with Gasteiger partial charge in [0.1, 0.15) is 18.4 Å². The monoisotopic (exact) mass is 451 g/mol. The molecule has 4 rings (SSSR count). The Morgan fingerprint density at radius 1 is 1.03 bits per heavy atom. The van der Waals surface area contributed by atoms with E-state index in [4.69, 9.17) is 0 Å². The van der Waals surface area contributed by atoms with E-state index in [9.17, 15) is 24.2 Å². The molecule has 1 aromatic heterocycles. The van der Waals surface area contributed by atoms with Crippen LogP contribution in [0.3, 0.4) is 0 Å². The smallest absolute Gasteiger partial charge is 0.325 e. The van der Waals surface area contributed by atoms with Crippen molar-refractivity contribution < 1.29 is 24.2 Å². The third-order valence-electron chi connectivity index (χ3n) is 5.95. The van der Waals surface area contributed by atoms with Crippen LogP contribution in [-0.2, 0) is 16.1 Å². The van der Waals surface area contributed by atoms with Crippen molar-refractivity contribution in [2.45, 2.75) is 12.6 Å². The number of rotatable bonds is 8. The van der Waals surface area contributed by atoms with Crippen molar-refractivity contribution in [3.63, 3.8) is 0 Å². The number of aromatic nitrogens is 1. The minimum Gasteiger partial charge on any atom is -0.480 e. The van der Waals surface area contributed by atoms with Gasteiger partial charge in [-0.05, 0) is 23.8 Å². The molecule has 0 amide bonds. The third kappa shape index (κ3) is 5.30. The first-order valence-electron chi connectivity index (χ1n) is 10.8. The summed E-state index contributed by atoms with van der Waals surface area (Å²) in [6, 6.07) is 13.2. The van der Waals surface area contributed by atoms with Crippen LogP contribution in [0.4, 0.5) is 4.39 Å². The molecule has 2 N–H and O–H groups in total. The van der Waals surface area contributed by atoms with E-state index in [2.05, 4.69) is 17.1 Å². The van der Waals surface area contributed by atoms with Crippen molar-refractivity contribution >= 4 is 28.9 Å². The molecule has 1 aliphatic rings. The molecule has 1 aliphatic heterocycles. The van der Waals surface area contributed by atoms with E-state index in [0.717, 1.165) is 12.1 Å². The fraction of sp³-hybridized carbons (Fsp3) is 0.280. The minimum absolute atomic E-state index is 0.367. The van der Waals surface area contributed by atoms with Crippen molar-refractivity contribution in [2.75, 3.05) is 32.7 Å². The molecule has 1 unspecified atom stereocenters. The van der Waals surface area contributed by atoms with Gasteiger partial charge in [-0.2, -0.15) is 0 Å². The van der Waals surface area contributed by atoms with E-state index in [1.54, 1.807) is 0 Å². The topological polar surface area (TPSA) is 86.0 Å². The molecule has 2 heterocycles. The Hall–Kier alpha value is -3.49. The number of hydrogen-bond acceptors (Lipinski definition) is 4. The number of piperazine rings is 1. The van der Waals surface area contributed by atoms with Gasteiger partial charge in [-0.1, -0.05) is 42.5 Å². The van der Waals surface area contributed by atoms with Gasteiger partial charge in [-0.15, -0.1) is 0 Å². The lowest BCUT2D eigenvalue weighted by Gasteiger charge is -2.37. The Labute approximate surface area is 191 Å². The molecule has 0 aliphatic carbocycles. The second kappa shape index (κ2) is 9.97. The summed E-state index contributed by atoms with van der Waals surface area (Å²) < 4.78 is 15.2. The lowest BCUT2D eigenvalue weighted by molar-refractivity contribution is -0.144. The van der Waals surface area contributed by atoms with Gasteiger partial charge >= 0.3 is 11.9 Å². The first-order valence-corrected chi connectivity index (χ1v) is 10.8. The second-order valence-corrected chi connectivity index (χ2v) is 8.16. The molecule has 1 atom stereocenters. The first-order chi connectivity index (χ1) is 15.9. The van der Waals surface area contributed by atoms with Gasteiger partial charge in [-0.3, -0.25) is 19.4 Å². The number of carbonyl (C=O) groups is 2. The molecule has 1 saturated heterocycles. The molecule has 8 heteroatoms. The zero-order valence-electron chi connectivity index (χ0n) is 18.1. The molecule has 0 saturated carbocycles. The average Bonchev–Trinajstić information content (AvgIpc) is 3.12. The standard InChI is InChI=1S/C25H26FN3O4/c26-19-8-9-20-21(16-29(17-23(30)31)22(20)15-19)24(25(32)33)28-13-11-27(12-14-28)10-4-7-18-5-2-1-3-6-18/h1-9,15-16,24H,10-14,17H2,(H,30,31)(H,32,33)/b7-4+. The van der Waals surface area contributed by atoms with Gasteiger partial charge in [0.05, 0.1) is 5.52 Å². The molecule has 172 valence electrons. The van der Waals surface area contributed by atoms with E-state index < -0.39 is 23.8 Å². The number of carboxylic acids is 2. The van der Waals surface area contributed by atoms with E-state index >= 15 is 0 Å². The number of carboxylic acid groups (broad SMARTS) is 2. The lowest BCUT2D eigenvalue weighted by atomic mass is 10.0. The van der Waals surface area contributed by atoms with Crippen LogP contribution in [0.2, 0.25) is 0 Å². The van der Waals surface area contributed by atoms with Gasteiger partial charge in [-0.25, -0.2) is 4.39 Å². The number of nitrogens with zero attached hydrogens (tertiary/aromatic N) is 3. The van der Waals surface area contributed by atoms with Crippen LogP contribution in [0, 0.1) is 5.82 Å². The highest BCUT2D eigenvalue weighted by atomic mass is 19.1. The number of aliphatic carboxylic acids is 2. The van der Waals surface area contributed by atoms with Gasteiger partial charge in [0.25, 0.3) is 0 Å². The van der Waals surface area contributed by atoms with Gasteiger partial charge in [0, 0.05) is 49.9 Å². The Kier molecular flexibility index (Phi) is 6.86. The van der Waals surface area contributed by atoms with Gasteiger partial charge in [0.2, 0.25) is 0 Å². The maximum absolute atomic E-state index is 13.8.